The predicted octanol–water partition coefficient (Wildman–Crippen LogP) is 8.96. The molecule has 0 atom stereocenters. The molecule has 6 aromatic rings. The van der Waals surface area contributed by atoms with Crippen LogP contribution in [0.3, 0.4) is 0 Å². The first-order valence-electron chi connectivity index (χ1n) is 11.8. The molecule has 0 N–H and O–H groups in total. The lowest BCUT2D eigenvalue weighted by atomic mass is 9.70. The van der Waals surface area contributed by atoms with E-state index in [1.807, 2.05) is 12.1 Å². The zero-order chi connectivity index (χ0) is 23.1. The van der Waals surface area contributed by atoms with E-state index >= 15 is 0 Å². The molecule has 164 valence electrons. The minimum absolute atomic E-state index is 0.322. The number of hydrogen-bond donors (Lipinski definition) is 0. The maximum atomic E-state index is 6.15. The second-order valence-electron chi connectivity index (χ2n) is 9.25. The summed E-state index contributed by atoms with van der Waals surface area (Å²) in [5.41, 5.74) is 12.5. The molecule has 0 saturated carbocycles. The Morgan fingerprint density at radius 2 is 1.14 bits per heavy atom. The van der Waals surface area contributed by atoms with Crippen LogP contribution in [0.15, 0.2) is 109 Å². The summed E-state index contributed by atoms with van der Waals surface area (Å²) in [6.07, 6.45) is 0. The third-order valence-corrected chi connectivity index (χ3v) is 8.93. The highest BCUT2D eigenvalue weighted by Crippen LogP contribution is 2.63. The molecule has 1 aromatic heterocycles. The summed E-state index contributed by atoms with van der Waals surface area (Å²) in [6.45, 7) is 0. The van der Waals surface area contributed by atoms with Gasteiger partial charge in [0.15, 0.2) is 0 Å². The SMILES string of the molecule is Clc1ccc(-c2nc3c4c(ccc3s2)C2(c3ccccc3-c3ccccc32)c2ccccc2-4)cc1. The van der Waals surface area contributed by atoms with Crippen LogP contribution in [-0.2, 0) is 5.41 Å². The Balaban J connectivity index is 1.50. The van der Waals surface area contributed by atoms with Crippen LogP contribution in [0.2, 0.25) is 5.02 Å². The standard InChI is InChI=1S/C32H18ClNS/c33-20-15-13-19(14-16-20)31-34-30-28(35-31)18-17-27-29(30)23-9-3-6-12-26(23)32(27)24-10-4-1-7-21(24)22-8-2-5-11-25(22)32/h1-18H. The fourth-order valence-corrected chi connectivity index (χ4v) is 7.39. The quantitative estimate of drug-likeness (QED) is 0.227. The van der Waals surface area contributed by atoms with Crippen molar-refractivity contribution >= 4 is 33.2 Å². The fourth-order valence-electron chi connectivity index (χ4n) is 6.28. The molecule has 35 heavy (non-hydrogen) atoms. The van der Waals surface area contributed by atoms with Gasteiger partial charge in [-0.15, -0.1) is 11.3 Å². The van der Waals surface area contributed by atoms with E-state index in [1.165, 1.54) is 49.2 Å². The van der Waals surface area contributed by atoms with Crippen molar-refractivity contribution in [3.05, 3.63) is 136 Å². The van der Waals surface area contributed by atoms with Crippen molar-refractivity contribution in [3.8, 4) is 32.8 Å². The average molecular weight is 484 g/mol. The monoisotopic (exact) mass is 483 g/mol. The van der Waals surface area contributed by atoms with E-state index in [9.17, 15) is 0 Å². The molecule has 0 saturated heterocycles. The number of aromatic nitrogens is 1. The molecule has 2 aliphatic rings. The van der Waals surface area contributed by atoms with Crippen molar-refractivity contribution < 1.29 is 0 Å². The van der Waals surface area contributed by atoms with Crippen LogP contribution in [0.1, 0.15) is 22.3 Å². The Morgan fingerprint density at radius 3 is 1.80 bits per heavy atom. The Labute approximate surface area is 212 Å². The van der Waals surface area contributed by atoms with Gasteiger partial charge in [-0.05, 0) is 57.1 Å². The Bertz CT molecular complexity index is 1770. The number of rotatable bonds is 1. The molecule has 0 aliphatic heterocycles. The molecule has 1 heterocycles. The highest BCUT2D eigenvalue weighted by atomic mass is 35.5. The highest BCUT2D eigenvalue weighted by Gasteiger charge is 2.52. The van der Waals surface area contributed by atoms with Crippen LogP contribution in [0.5, 0.6) is 0 Å². The normalized spacial score (nSPS) is 14.1. The van der Waals surface area contributed by atoms with Crippen molar-refractivity contribution in [2.45, 2.75) is 5.41 Å². The lowest BCUT2D eigenvalue weighted by Crippen LogP contribution is -2.25. The molecule has 1 spiro atoms. The van der Waals surface area contributed by atoms with Gasteiger partial charge in [0.1, 0.15) is 5.01 Å². The molecular weight excluding hydrogens is 466 g/mol. The van der Waals surface area contributed by atoms with E-state index in [4.69, 9.17) is 16.6 Å². The predicted molar refractivity (Wildman–Crippen MR) is 146 cm³/mol. The molecule has 5 aromatic carbocycles. The van der Waals surface area contributed by atoms with Crippen LogP contribution in [-0.4, -0.2) is 4.98 Å². The van der Waals surface area contributed by atoms with Gasteiger partial charge in [0.05, 0.1) is 15.6 Å². The van der Waals surface area contributed by atoms with Gasteiger partial charge in [-0.1, -0.05) is 103 Å². The molecule has 2 aliphatic carbocycles. The molecule has 0 unspecified atom stereocenters. The van der Waals surface area contributed by atoms with Gasteiger partial charge in [-0.2, -0.15) is 0 Å². The number of hydrogen-bond acceptors (Lipinski definition) is 2. The molecule has 0 radical (unpaired) electrons. The van der Waals surface area contributed by atoms with Gasteiger partial charge in [-0.25, -0.2) is 4.98 Å². The number of fused-ring (bicyclic) bond motifs is 12. The van der Waals surface area contributed by atoms with Crippen molar-refractivity contribution in [2.24, 2.45) is 0 Å². The Kier molecular flexibility index (Phi) is 3.87. The van der Waals surface area contributed by atoms with Gasteiger partial charge in [0.25, 0.3) is 0 Å². The fraction of sp³-hybridized carbons (Fsp3) is 0.0312. The average Bonchev–Trinajstić information content (AvgIpc) is 3.56. The number of benzene rings is 5. The molecule has 3 heteroatoms. The summed E-state index contributed by atoms with van der Waals surface area (Å²) in [7, 11) is 0. The number of nitrogens with zero attached hydrogens (tertiary/aromatic N) is 1. The lowest BCUT2D eigenvalue weighted by Gasteiger charge is -2.30. The smallest absolute Gasteiger partial charge is 0.124 e. The number of thiazole rings is 1. The van der Waals surface area contributed by atoms with Crippen molar-refractivity contribution in [1.82, 2.24) is 4.98 Å². The van der Waals surface area contributed by atoms with Gasteiger partial charge < -0.3 is 0 Å². The van der Waals surface area contributed by atoms with Crippen LogP contribution in [0.25, 0.3) is 43.0 Å². The minimum atomic E-state index is -0.322. The maximum absolute atomic E-state index is 6.15. The van der Waals surface area contributed by atoms with E-state index in [1.54, 1.807) is 11.3 Å². The van der Waals surface area contributed by atoms with Gasteiger partial charge in [0, 0.05) is 16.1 Å². The van der Waals surface area contributed by atoms with Crippen molar-refractivity contribution in [3.63, 3.8) is 0 Å². The summed E-state index contributed by atoms with van der Waals surface area (Å²) in [6, 6.07) is 39.3. The van der Waals surface area contributed by atoms with E-state index in [-0.39, 0.29) is 5.41 Å². The van der Waals surface area contributed by atoms with Crippen LogP contribution in [0, 0.1) is 0 Å². The van der Waals surface area contributed by atoms with Gasteiger partial charge >= 0.3 is 0 Å². The van der Waals surface area contributed by atoms with Crippen LogP contribution >= 0.6 is 22.9 Å². The minimum Gasteiger partial charge on any atom is -0.235 e. The van der Waals surface area contributed by atoms with Gasteiger partial charge in [-0.3, -0.25) is 0 Å². The summed E-state index contributed by atoms with van der Waals surface area (Å²) in [4.78, 5) is 5.23. The molecule has 0 fully saturated rings. The first kappa shape index (κ1) is 19.6. The van der Waals surface area contributed by atoms with Crippen molar-refractivity contribution in [2.75, 3.05) is 0 Å². The second-order valence-corrected chi connectivity index (χ2v) is 10.7. The Hall–Kier alpha value is -3.72. The molecule has 0 bridgehead atoms. The molecule has 0 amide bonds. The van der Waals surface area contributed by atoms with E-state index < -0.39 is 0 Å². The summed E-state index contributed by atoms with van der Waals surface area (Å²) >= 11 is 7.89. The van der Waals surface area contributed by atoms with E-state index in [0.29, 0.717) is 0 Å². The third kappa shape index (κ3) is 2.41. The Morgan fingerprint density at radius 1 is 0.571 bits per heavy atom. The van der Waals surface area contributed by atoms with Crippen LogP contribution < -0.4 is 0 Å². The second kappa shape index (κ2) is 6.91. The van der Waals surface area contributed by atoms with E-state index in [0.717, 1.165) is 21.1 Å². The molecule has 1 nitrogen and oxygen atoms in total. The maximum Gasteiger partial charge on any atom is 0.124 e. The lowest BCUT2D eigenvalue weighted by molar-refractivity contribution is 0.794. The molecule has 8 rings (SSSR count). The topological polar surface area (TPSA) is 12.9 Å². The zero-order valence-electron chi connectivity index (χ0n) is 18.6. The summed E-state index contributed by atoms with van der Waals surface area (Å²) in [5, 5.41) is 1.76. The number of halogens is 1. The first-order valence-corrected chi connectivity index (χ1v) is 13.0. The summed E-state index contributed by atoms with van der Waals surface area (Å²) in [5.74, 6) is 0. The van der Waals surface area contributed by atoms with Crippen molar-refractivity contribution in [1.29, 1.82) is 0 Å². The molecular formula is C32H18ClNS. The van der Waals surface area contributed by atoms with Gasteiger partial charge in [0.2, 0.25) is 0 Å². The van der Waals surface area contributed by atoms with Crippen LogP contribution in [0.4, 0.5) is 0 Å². The third-order valence-electron chi connectivity index (χ3n) is 7.61. The largest absolute Gasteiger partial charge is 0.235 e. The van der Waals surface area contributed by atoms with E-state index in [2.05, 4.69) is 97.1 Å². The zero-order valence-corrected chi connectivity index (χ0v) is 20.2. The first-order chi connectivity index (χ1) is 17.3. The highest BCUT2D eigenvalue weighted by molar-refractivity contribution is 7.21. The summed E-state index contributed by atoms with van der Waals surface area (Å²) < 4.78 is 1.21.